The fourth-order valence-electron chi connectivity index (χ4n) is 4.40. The van der Waals surface area contributed by atoms with Crippen LogP contribution in [0.3, 0.4) is 0 Å². The molecule has 1 aromatic carbocycles. The van der Waals surface area contributed by atoms with E-state index in [-0.39, 0.29) is 12.1 Å². The second-order valence-electron chi connectivity index (χ2n) is 8.09. The number of alkyl halides is 1. The van der Waals surface area contributed by atoms with Crippen LogP contribution in [0.1, 0.15) is 50.1 Å². The van der Waals surface area contributed by atoms with Gasteiger partial charge in [-0.3, -0.25) is 9.88 Å². The molecule has 1 aliphatic carbocycles. The number of hydrogen-bond donors (Lipinski definition) is 0. The molecule has 2 atom stereocenters. The van der Waals surface area contributed by atoms with Crippen molar-refractivity contribution in [2.24, 2.45) is 0 Å². The molecule has 0 spiro atoms. The van der Waals surface area contributed by atoms with Gasteiger partial charge in [0.15, 0.2) is 0 Å². The highest BCUT2D eigenvalue weighted by Crippen LogP contribution is 2.48. The Hall–Kier alpha value is -1.52. The number of hydrogen-bond acceptors (Lipinski definition) is 2. The Labute approximate surface area is 163 Å². The molecule has 0 amide bonds. The first-order chi connectivity index (χ1) is 12.3. The van der Waals surface area contributed by atoms with Gasteiger partial charge in [0.25, 0.3) is 0 Å². The number of rotatable bonds is 3. The highest BCUT2D eigenvalue weighted by Gasteiger charge is 2.41. The van der Waals surface area contributed by atoms with Gasteiger partial charge < -0.3 is 0 Å². The molecule has 2 aromatic rings. The molecule has 2 heterocycles. The summed E-state index contributed by atoms with van der Waals surface area (Å²) in [6, 6.07) is 13.1. The average molecular weight is 415 g/mol. The zero-order valence-electron chi connectivity index (χ0n) is 15.5. The molecule has 136 valence electrons. The number of fused-ring (bicyclic) bond motifs is 2. The summed E-state index contributed by atoms with van der Waals surface area (Å²) in [5.41, 5.74) is 5.35. The van der Waals surface area contributed by atoms with Crippen LogP contribution in [0.4, 0.5) is 4.39 Å². The lowest BCUT2D eigenvalue weighted by Crippen LogP contribution is -2.46. The fourth-order valence-corrected chi connectivity index (χ4v) is 4.64. The topological polar surface area (TPSA) is 16.1 Å². The first-order valence-electron chi connectivity index (χ1n) is 9.20. The second-order valence-corrected chi connectivity index (χ2v) is 9.00. The van der Waals surface area contributed by atoms with E-state index in [4.69, 9.17) is 4.98 Å². The van der Waals surface area contributed by atoms with Crippen LogP contribution < -0.4 is 0 Å². The average Bonchev–Trinajstić information content (AvgIpc) is 2.94. The third-order valence-electron chi connectivity index (χ3n) is 5.43. The summed E-state index contributed by atoms with van der Waals surface area (Å²) >= 11 is 3.48. The summed E-state index contributed by atoms with van der Waals surface area (Å²) in [5.74, 6) is 0. The molecule has 1 aromatic heterocycles. The largest absolute Gasteiger partial charge is 0.285 e. The second kappa shape index (κ2) is 6.58. The minimum absolute atomic E-state index is 0.0317. The maximum Gasteiger partial charge on any atom is 0.118 e. The summed E-state index contributed by atoms with van der Waals surface area (Å²) in [6.07, 6.45) is 3.75. The predicted molar refractivity (Wildman–Crippen MR) is 108 cm³/mol. The molecule has 26 heavy (non-hydrogen) atoms. The molecule has 0 saturated carbocycles. The van der Waals surface area contributed by atoms with Crippen molar-refractivity contribution in [3.8, 4) is 0 Å². The molecule has 0 fully saturated rings. The molecule has 4 rings (SSSR count). The zero-order valence-corrected chi connectivity index (χ0v) is 17.1. The van der Waals surface area contributed by atoms with Crippen LogP contribution in [0.25, 0.3) is 5.57 Å². The third-order valence-corrected chi connectivity index (χ3v) is 5.90. The van der Waals surface area contributed by atoms with Gasteiger partial charge in [0.2, 0.25) is 0 Å². The SMILES string of the molecule is C[C@@H]1CC2=C(Cc3ccccc32)[C@@H](c2ccc(Br)cn2)N1CC(C)(C)F. The third kappa shape index (κ3) is 3.25. The van der Waals surface area contributed by atoms with E-state index in [0.29, 0.717) is 6.54 Å². The van der Waals surface area contributed by atoms with E-state index in [1.54, 1.807) is 13.8 Å². The van der Waals surface area contributed by atoms with Crippen molar-refractivity contribution < 1.29 is 4.39 Å². The van der Waals surface area contributed by atoms with Gasteiger partial charge in [-0.1, -0.05) is 24.3 Å². The van der Waals surface area contributed by atoms with Crippen molar-refractivity contribution in [3.05, 3.63) is 69.5 Å². The van der Waals surface area contributed by atoms with E-state index >= 15 is 0 Å². The lowest BCUT2D eigenvalue weighted by atomic mass is 9.86. The van der Waals surface area contributed by atoms with Crippen molar-refractivity contribution in [2.75, 3.05) is 6.54 Å². The molecule has 2 aliphatic rings. The molecule has 0 bridgehead atoms. The molecule has 4 heteroatoms. The Morgan fingerprint density at radius 2 is 2.00 bits per heavy atom. The Morgan fingerprint density at radius 1 is 1.23 bits per heavy atom. The molecule has 2 nitrogen and oxygen atoms in total. The zero-order chi connectivity index (χ0) is 18.5. The summed E-state index contributed by atoms with van der Waals surface area (Å²) in [5, 5.41) is 0. The quantitative estimate of drug-likeness (QED) is 0.636. The fraction of sp³-hybridized carbons (Fsp3) is 0.409. The summed E-state index contributed by atoms with van der Waals surface area (Å²) in [4.78, 5) is 7.00. The number of nitrogens with zero attached hydrogens (tertiary/aromatic N) is 2. The highest BCUT2D eigenvalue weighted by molar-refractivity contribution is 9.10. The van der Waals surface area contributed by atoms with Gasteiger partial charge in [0.05, 0.1) is 11.7 Å². The van der Waals surface area contributed by atoms with Crippen molar-refractivity contribution in [1.82, 2.24) is 9.88 Å². The van der Waals surface area contributed by atoms with Gasteiger partial charge in [-0.15, -0.1) is 0 Å². The maximum atomic E-state index is 14.6. The van der Waals surface area contributed by atoms with Gasteiger partial charge in [0.1, 0.15) is 5.67 Å². The maximum absolute atomic E-state index is 14.6. The van der Waals surface area contributed by atoms with E-state index in [2.05, 4.69) is 58.1 Å². The lowest BCUT2D eigenvalue weighted by molar-refractivity contribution is 0.0688. The summed E-state index contributed by atoms with van der Waals surface area (Å²) in [6.45, 7) is 5.95. The summed E-state index contributed by atoms with van der Waals surface area (Å²) < 4.78 is 15.6. The minimum Gasteiger partial charge on any atom is -0.285 e. The molecule has 0 radical (unpaired) electrons. The van der Waals surface area contributed by atoms with E-state index in [1.807, 2.05) is 12.3 Å². The summed E-state index contributed by atoms with van der Waals surface area (Å²) in [7, 11) is 0. The van der Waals surface area contributed by atoms with E-state index in [1.165, 1.54) is 22.3 Å². The van der Waals surface area contributed by atoms with Gasteiger partial charge in [-0.25, -0.2) is 4.39 Å². The molecular weight excluding hydrogens is 391 g/mol. The number of pyridine rings is 1. The van der Waals surface area contributed by atoms with Crippen LogP contribution in [-0.4, -0.2) is 28.1 Å². The lowest BCUT2D eigenvalue weighted by Gasteiger charge is -2.43. The Bertz CT molecular complexity index is 851. The standard InChI is InChI=1S/C22H24BrFN2/c1-14-10-18-17-7-5-4-6-15(17)11-19(18)21(26(14)13-22(2,3)24)20-9-8-16(23)12-25-20/h4-9,12,14,21H,10-11,13H2,1-3H3/t14-,21+/m1/s1. The van der Waals surface area contributed by atoms with Crippen LogP contribution in [0.5, 0.6) is 0 Å². The van der Waals surface area contributed by atoms with E-state index in [9.17, 15) is 4.39 Å². The van der Waals surface area contributed by atoms with Crippen LogP contribution in [-0.2, 0) is 6.42 Å². The normalized spacial score (nSPS) is 23.1. The Balaban J connectivity index is 1.82. The van der Waals surface area contributed by atoms with Gasteiger partial charge in [0, 0.05) is 23.3 Å². The van der Waals surface area contributed by atoms with Crippen molar-refractivity contribution in [3.63, 3.8) is 0 Å². The van der Waals surface area contributed by atoms with E-state index < -0.39 is 5.67 Å². The first kappa shape index (κ1) is 17.9. The van der Waals surface area contributed by atoms with Crippen LogP contribution in [0.2, 0.25) is 0 Å². The Morgan fingerprint density at radius 3 is 2.69 bits per heavy atom. The Kier molecular flexibility index (Phi) is 4.52. The van der Waals surface area contributed by atoms with Crippen LogP contribution in [0, 0.1) is 0 Å². The van der Waals surface area contributed by atoms with Crippen molar-refractivity contribution in [2.45, 2.75) is 51.4 Å². The van der Waals surface area contributed by atoms with Gasteiger partial charge in [-0.05, 0) is 83.9 Å². The predicted octanol–water partition coefficient (Wildman–Crippen LogP) is 5.74. The molecule has 0 N–H and O–H groups in total. The first-order valence-corrected chi connectivity index (χ1v) is 9.99. The van der Waals surface area contributed by atoms with Gasteiger partial charge >= 0.3 is 0 Å². The van der Waals surface area contributed by atoms with E-state index in [0.717, 1.165) is 23.0 Å². The number of halogens is 2. The monoisotopic (exact) mass is 414 g/mol. The van der Waals surface area contributed by atoms with Crippen LogP contribution in [0.15, 0.2) is 52.6 Å². The van der Waals surface area contributed by atoms with Crippen molar-refractivity contribution >= 4 is 21.5 Å². The highest BCUT2D eigenvalue weighted by atomic mass is 79.9. The molecule has 1 aliphatic heterocycles. The minimum atomic E-state index is -1.24. The smallest absolute Gasteiger partial charge is 0.118 e. The number of benzene rings is 1. The molecule has 0 saturated heterocycles. The van der Waals surface area contributed by atoms with Crippen LogP contribution >= 0.6 is 15.9 Å². The number of aromatic nitrogens is 1. The molecular formula is C22H24BrFN2. The van der Waals surface area contributed by atoms with Gasteiger partial charge in [-0.2, -0.15) is 0 Å². The van der Waals surface area contributed by atoms with Crippen molar-refractivity contribution in [1.29, 1.82) is 0 Å². The molecule has 0 unspecified atom stereocenters.